The summed E-state index contributed by atoms with van der Waals surface area (Å²) in [5.74, 6) is -0.205. The zero-order valence-electron chi connectivity index (χ0n) is 9.21. The molecule has 0 fully saturated rings. The first-order chi connectivity index (χ1) is 8.27. The van der Waals surface area contributed by atoms with E-state index >= 15 is 0 Å². The summed E-state index contributed by atoms with van der Waals surface area (Å²) >= 11 is 0. The minimum Gasteiger partial charge on any atom is -0.331 e. The third-order valence-corrected chi connectivity index (χ3v) is 2.33. The number of pyridine rings is 1. The molecule has 4 heteroatoms. The zero-order chi connectivity index (χ0) is 12.1. The zero-order valence-corrected chi connectivity index (χ0v) is 9.21. The smallest absolute Gasteiger partial charge is 0.252 e. The summed E-state index contributed by atoms with van der Waals surface area (Å²) in [4.78, 5) is 15.9. The molecule has 1 atom stereocenters. The van der Waals surface area contributed by atoms with Crippen molar-refractivity contribution in [3.8, 4) is 0 Å². The van der Waals surface area contributed by atoms with E-state index in [9.17, 15) is 4.79 Å². The second-order valence-corrected chi connectivity index (χ2v) is 3.57. The van der Waals surface area contributed by atoms with Gasteiger partial charge in [-0.25, -0.2) is 0 Å². The average Bonchev–Trinajstić information content (AvgIpc) is 2.40. The molecule has 2 rings (SSSR count). The van der Waals surface area contributed by atoms with E-state index in [1.165, 1.54) is 0 Å². The molecular weight excluding hydrogens is 214 g/mol. The standard InChI is InChI=1S/C13H13N3O/c14-12(11-8-4-5-9-15-11)16-13(17)10-6-2-1-3-7-10/h1-9,12H,14H2,(H,16,17). The Labute approximate surface area is 99.5 Å². The summed E-state index contributed by atoms with van der Waals surface area (Å²) in [5.41, 5.74) is 7.06. The molecule has 0 saturated carbocycles. The van der Waals surface area contributed by atoms with Crippen molar-refractivity contribution in [2.45, 2.75) is 6.17 Å². The predicted octanol–water partition coefficient (Wildman–Crippen LogP) is 1.47. The van der Waals surface area contributed by atoms with Crippen LogP contribution in [-0.2, 0) is 0 Å². The Morgan fingerprint density at radius 1 is 1.12 bits per heavy atom. The first-order valence-electron chi connectivity index (χ1n) is 5.30. The molecule has 1 aromatic heterocycles. The molecule has 0 spiro atoms. The topological polar surface area (TPSA) is 68.0 Å². The van der Waals surface area contributed by atoms with Crippen molar-refractivity contribution in [2.75, 3.05) is 0 Å². The Kier molecular flexibility index (Phi) is 3.47. The van der Waals surface area contributed by atoms with Crippen LogP contribution in [-0.4, -0.2) is 10.9 Å². The fourth-order valence-corrected chi connectivity index (χ4v) is 1.45. The molecule has 0 aliphatic heterocycles. The van der Waals surface area contributed by atoms with Crippen LogP contribution in [0, 0.1) is 0 Å². The van der Waals surface area contributed by atoms with E-state index in [2.05, 4.69) is 10.3 Å². The molecule has 3 N–H and O–H groups in total. The van der Waals surface area contributed by atoms with Crippen LogP contribution >= 0.6 is 0 Å². The largest absolute Gasteiger partial charge is 0.331 e. The highest BCUT2D eigenvalue weighted by Crippen LogP contribution is 2.05. The summed E-state index contributed by atoms with van der Waals surface area (Å²) < 4.78 is 0. The van der Waals surface area contributed by atoms with Crippen molar-refractivity contribution in [2.24, 2.45) is 5.73 Å². The fourth-order valence-electron chi connectivity index (χ4n) is 1.45. The minimum absolute atomic E-state index is 0.205. The van der Waals surface area contributed by atoms with Crippen molar-refractivity contribution in [3.05, 3.63) is 66.0 Å². The van der Waals surface area contributed by atoms with Crippen molar-refractivity contribution in [1.29, 1.82) is 0 Å². The van der Waals surface area contributed by atoms with E-state index in [1.54, 1.807) is 42.6 Å². The SMILES string of the molecule is NC(NC(=O)c1ccccc1)c1ccccn1. The quantitative estimate of drug-likeness (QED) is 0.780. The van der Waals surface area contributed by atoms with E-state index in [0.29, 0.717) is 11.3 Å². The van der Waals surface area contributed by atoms with Gasteiger partial charge in [0.15, 0.2) is 0 Å². The Hall–Kier alpha value is -2.20. The highest BCUT2D eigenvalue weighted by molar-refractivity contribution is 5.94. The molecule has 1 aromatic carbocycles. The molecule has 0 saturated heterocycles. The van der Waals surface area contributed by atoms with Gasteiger partial charge in [-0.3, -0.25) is 9.78 Å². The molecular formula is C13H13N3O. The fraction of sp³-hybridized carbons (Fsp3) is 0.0769. The van der Waals surface area contributed by atoms with Gasteiger partial charge < -0.3 is 11.1 Å². The third-order valence-electron chi connectivity index (χ3n) is 2.33. The van der Waals surface area contributed by atoms with Gasteiger partial charge in [-0.1, -0.05) is 24.3 Å². The van der Waals surface area contributed by atoms with Gasteiger partial charge in [-0.15, -0.1) is 0 Å². The van der Waals surface area contributed by atoms with E-state index in [4.69, 9.17) is 5.73 Å². The van der Waals surface area contributed by atoms with Crippen LogP contribution in [0.5, 0.6) is 0 Å². The summed E-state index contributed by atoms with van der Waals surface area (Å²) in [7, 11) is 0. The lowest BCUT2D eigenvalue weighted by Crippen LogP contribution is -2.34. The predicted molar refractivity (Wildman–Crippen MR) is 65.1 cm³/mol. The summed E-state index contributed by atoms with van der Waals surface area (Å²) in [6.07, 6.45) is 1.05. The Bertz CT molecular complexity index is 485. The molecule has 1 unspecified atom stereocenters. The molecule has 0 aliphatic rings. The number of amides is 1. The molecule has 0 radical (unpaired) electrons. The molecule has 0 bridgehead atoms. The number of hydrogen-bond donors (Lipinski definition) is 2. The number of benzene rings is 1. The van der Waals surface area contributed by atoms with E-state index < -0.39 is 6.17 Å². The molecule has 0 aliphatic carbocycles. The number of nitrogens with two attached hydrogens (primary N) is 1. The van der Waals surface area contributed by atoms with Crippen LogP contribution in [0.25, 0.3) is 0 Å². The summed E-state index contributed by atoms with van der Waals surface area (Å²) in [6.45, 7) is 0. The van der Waals surface area contributed by atoms with Gasteiger partial charge in [0.2, 0.25) is 0 Å². The molecule has 86 valence electrons. The maximum Gasteiger partial charge on any atom is 0.252 e. The number of carbonyl (C=O) groups excluding carboxylic acids is 1. The van der Waals surface area contributed by atoms with Gasteiger partial charge >= 0.3 is 0 Å². The number of hydrogen-bond acceptors (Lipinski definition) is 3. The van der Waals surface area contributed by atoms with Gasteiger partial charge in [0.1, 0.15) is 6.17 Å². The summed E-state index contributed by atoms with van der Waals surface area (Å²) in [6, 6.07) is 14.3. The van der Waals surface area contributed by atoms with Crippen molar-refractivity contribution in [3.63, 3.8) is 0 Å². The van der Waals surface area contributed by atoms with Crippen LogP contribution in [0.1, 0.15) is 22.2 Å². The van der Waals surface area contributed by atoms with Crippen molar-refractivity contribution < 1.29 is 4.79 Å². The number of nitrogens with one attached hydrogen (secondary N) is 1. The van der Waals surface area contributed by atoms with Gasteiger partial charge in [0.25, 0.3) is 5.91 Å². The normalized spacial score (nSPS) is 11.8. The van der Waals surface area contributed by atoms with E-state index in [-0.39, 0.29) is 5.91 Å². The molecule has 1 heterocycles. The first-order valence-corrected chi connectivity index (χ1v) is 5.30. The van der Waals surface area contributed by atoms with Gasteiger partial charge in [-0.05, 0) is 24.3 Å². The summed E-state index contributed by atoms with van der Waals surface area (Å²) in [5, 5.41) is 2.69. The first kappa shape index (κ1) is 11.3. The lowest BCUT2D eigenvalue weighted by Gasteiger charge is -2.13. The number of nitrogens with zero attached hydrogens (tertiary/aromatic N) is 1. The van der Waals surface area contributed by atoms with Crippen LogP contribution in [0.3, 0.4) is 0 Å². The highest BCUT2D eigenvalue weighted by Gasteiger charge is 2.11. The molecule has 2 aromatic rings. The second-order valence-electron chi connectivity index (χ2n) is 3.57. The molecule has 17 heavy (non-hydrogen) atoms. The van der Waals surface area contributed by atoms with Crippen LogP contribution < -0.4 is 11.1 Å². The van der Waals surface area contributed by atoms with Gasteiger partial charge in [0, 0.05) is 11.8 Å². The Balaban J connectivity index is 2.05. The number of aromatic nitrogens is 1. The second kappa shape index (κ2) is 5.23. The van der Waals surface area contributed by atoms with Crippen LogP contribution in [0.2, 0.25) is 0 Å². The van der Waals surface area contributed by atoms with Crippen molar-refractivity contribution >= 4 is 5.91 Å². The number of rotatable bonds is 3. The molecule has 1 amide bonds. The lowest BCUT2D eigenvalue weighted by atomic mass is 10.2. The maximum atomic E-state index is 11.8. The highest BCUT2D eigenvalue weighted by atomic mass is 16.1. The number of carbonyl (C=O) groups is 1. The van der Waals surface area contributed by atoms with Gasteiger partial charge in [0.05, 0.1) is 5.69 Å². The van der Waals surface area contributed by atoms with Crippen molar-refractivity contribution in [1.82, 2.24) is 10.3 Å². The minimum atomic E-state index is -0.594. The Morgan fingerprint density at radius 2 is 1.82 bits per heavy atom. The van der Waals surface area contributed by atoms with Crippen LogP contribution in [0.15, 0.2) is 54.7 Å². The van der Waals surface area contributed by atoms with E-state index in [1.807, 2.05) is 12.1 Å². The van der Waals surface area contributed by atoms with Gasteiger partial charge in [-0.2, -0.15) is 0 Å². The molecule has 4 nitrogen and oxygen atoms in total. The monoisotopic (exact) mass is 227 g/mol. The maximum absolute atomic E-state index is 11.8. The Morgan fingerprint density at radius 3 is 2.47 bits per heavy atom. The van der Waals surface area contributed by atoms with Crippen LogP contribution in [0.4, 0.5) is 0 Å². The van der Waals surface area contributed by atoms with E-state index in [0.717, 1.165) is 0 Å². The average molecular weight is 227 g/mol. The lowest BCUT2D eigenvalue weighted by molar-refractivity contribution is 0.0937. The third kappa shape index (κ3) is 2.89.